The molecule has 1 aliphatic carbocycles. The molecule has 3 aromatic rings. The van der Waals surface area contributed by atoms with Crippen LogP contribution in [-0.2, 0) is 4.79 Å². The minimum Gasteiger partial charge on any atom is -0.346 e. The zero-order valence-corrected chi connectivity index (χ0v) is 16.7. The Hall–Kier alpha value is -3.55. The van der Waals surface area contributed by atoms with Crippen LogP contribution in [0.5, 0.6) is 0 Å². The molecule has 1 saturated carbocycles. The summed E-state index contributed by atoms with van der Waals surface area (Å²) in [6.45, 7) is 3.20. The molecule has 2 amide bonds. The van der Waals surface area contributed by atoms with Crippen LogP contribution in [0.3, 0.4) is 0 Å². The lowest BCUT2D eigenvalue weighted by molar-refractivity contribution is -0.107. The predicted octanol–water partition coefficient (Wildman–Crippen LogP) is 2.65. The van der Waals surface area contributed by atoms with Crippen LogP contribution in [-0.4, -0.2) is 56.3 Å². The molecule has 2 aliphatic rings. The highest BCUT2D eigenvalue weighted by Crippen LogP contribution is 2.36. The molecule has 8 nitrogen and oxygen atoms in total. The second kappa shape index (κ2) is 7.37. The van der Waals surface area contributed by atoms with Gasteiger partial charge in [-0.1, -0.05) is 13.0 Å². The minimum atomic E-state index is -0.117. The van der Waals surface area contributed by atoms with Gasteiger partial charge in [0.05, 0.1) is 6.20 Å². The number of rotatable bonds is 5. The van der Waals surface area contributed by atoms with Gasteiger partial charge in [0.2, 0.25) is 6.41 Å². The third kappa shape index (κ3) is 3.24. The second-order valence-corrected chi connectivity index (χ2v) is 7.87. The van der Waals surface area contributed by atoms with E-state index >= 15 is 0 Å². The third-order valence-electron chi connectivity index (χ3n) is 5.77. The average molecular weight is 402 g/mol. The maximum atomic E-state index is 12.8. The summed E-state index contributed by atoms with van der Waals surface area (Å²) in [5.74, 6) is 0.676. The fourth-order valence-electron chi connectivity index (χ4n) is 4.10. The molecule has 1 fully saturated rings. The Balaban J connectivity index is 1.49. The second-order valence-electron chi connectivity index (χ2n) is 7.87. The van der Waals surface area contributed by atoms with E-state index in [2.05, 4.69) is 32.9 Å². The van der Waals surface area contributed by atoms with Crippen LogP contribution in [0, 0.1) is 5.92 Å². The molecule has 0 bridgehead atoms. The van der Waals surface area contributed by atoms with Crippen molar-refractivity contribution < 1.29 is 9.59 Å². The van der Waals surface area contributed by atoms with Gasteiger partial charge < -0.3 is 9.88 Å². The van der Waals surface area contributed by atoms with E-state index in [0.29, 0.717) is 24.6 Å². The summed E-state index contributed by atoms with van der Waals surface area (Å²) in [5.41, 5.74) is 3.34. The molecule has 1 atom stereocenters. The molecule has 8 heteroatoms. The van der Waals surface area contributed by atoms with E-state index in [4.69, 9.17) is 0 Å². The number of anilines is 1. The van der Waals surface area contributed by atoms with Gasteiger partial charge in [0.1, 0.15) is 17.2 Å². The van der Waals surface area contributed by atoms with Gasteiger partial charge in [0.15, 0.2) is 0 Å². The average Bonchev–Trinajstić information content (AvgIpc) is 3.49. The maximum absolute atomic E-state index is 12.8. The Morgan fingerprint density at radius 1 is 1.33 bits per heavy atom. The van der Waals surface area contributed by atoms with Crippen LogP contribution in [0.2, 0.25) is 0 Å². The molecular weight excluding hydrogens is 380 g/mol. The third-order valence-corrected chi connectivity index (χ3v) is 5.77. The number of hydrogen-bond donors (Lipinski definition) is 1. The molecule has 152 valence electrons. The minimum absolute atomic E-state index is 0.117. The lowest BCUT2D eigenvalue weighted by Gasteiger charge is -2.31. The summed E-state index contributed by atoms with van der Waals surface area (Å²) in [6, 6.07) is 4.26. The monoisotopic (exact) mass is 402 g/mol. The fourth-order valence-corrected chi connectivity index (χ4v) is 4.10. The van der Waals surface area contributed by atoms with Gasteiger partial charge >= 0.3 is 0 Å². The quantitative estimate of drug-likeness (QED) is 0.662. The fraction of sp³-hybridized carbons (Fsp3) is 0.318. The number of hydrogen-bond acceptors (Lipinski definition) is 5. The highest BCUT2D eigenvalue weighted by Gasteiger charge is 2.31. The van der Waals surface area contributed by atoms with E-state index < -0.39 is 0 Å². The van der Waals surface area contributed by atoms with Crippen LogP contribution in [0.1, 0.15) is 35.8 Å². The topological polar surface area (TPSA) is 95.1 Å². The van der Waals surface area contributed by atoms with Gasteiger partial charge in [-0.3, -0.25) is 19.5 Å². The number of amides is 2. The maximum Gasteiger partial charge on any atom is 0.274 e. The molecule has 1 unspecified atom stereocenters. The Morgan fingerprint density at radius 2 is 2.20 bits per heavy atom. The van der Waals surface area contributed by atoms with Crippen molar-refractivity contribution in [3.05, 3.63) is 54.3 Å². The zero-order valence-electron chi connectivity index (χ0n) is 16.7. The molecule has 4 heterocycles. The molecule has 0 aromatic carbocycles. The van der Waals surface area contributed by atoms with E-state index in [1.54, 1.807) is 16.0 Å². The highest BCUT2D eigenvalue weighted by molar-refractivity contribution is 5.96. The Kier molecular flexibility index (Phi) is 4.54. The van der Waals surface area contributed by atoms with Crippen LogP contribution < -0.4 is 4.90 Å². The number of fused-ring (bicyclic) bond motifs is 1. The van der Waals surface area contributed by atoms with Crippen molar-refractivity contribution in [1.82, 2.24) is 24.8 Å². The lowest BCUT2D eigenvalue weighted by atomic mass is 9.89. The summed E-state index contributed by atoms with van der Waals surface area (Å²) < 4.78 is 0. The van der Waals surface area contributed by atoms with Crippen LogP contribution in [0.15, 0.2) is 43.0 Å². The number of H-pyrrole nitrogens is 1. The number of aromatic amines is 1. The van der Waals surface area contributed by atoms with Gasteiger partial charge in [-0.2, -0.15) is 0 Å². The van der Waals surface area contributed by atoms with E-state index in [9.17, 15) is 9.59 Å². The summed E-state index contributed by atoms with van der Waals surface area (Å²) >= 11 is 0. The van der Waals surface area contributed by atoms with Gasteiger partial charge in [0, 0.05) is 43.1 Å². The summed E-state index contributed by atoms with van der Waals surface area (Å²) in [7, 11) is 0. The van der Waals surface area contributed by atoms with Gasteiger partial charge in [0.25, 0.3) is 5.91 Å². The van der Waals surface area contributed by atoms with Crippen LogP contribution >= 0.6 is 0 Å². The van der Waals surface area contributed by atoms with Crippen molar-refractivity contribution in [2.45, 2.75) is 25.8 Å². The van der Waals surface area contributed by atoms with Crippen molar-refractivity contribution in [2.24, 2.45) is 5.92 Å². The number of nitrogens with one attached hydrogen (secondary N) is 1. The summed E-state index contributed by atoms with van der Waals surface area (Å²) in [6.07, 6.45) is 11.4. The molecule has 0 spiro atoms. The first-order valence-corrected chi connectivity index (χ1v) is 10.1. The zero-order chi connectivity index (χ0) is 20.7. The van der Waals surface area contributed by atoms with Crippen LogP contribution in [0.25, 0.3) is 16.6 Å². The highest BCUT2D eigenvalue weighted by atomic mass is 16.2. The molecule has 30 heavy (non-hydrogen) atoms. The number of aromatic nitrogens is 4. The first-order valence-electron chi connectivity index (χ1n) is 10.1. The van der Waals surface area contributed by atoms with E-state index in [-0.39, 0.29) is 17.9 Å². The predicted molar refractivity (Wildman–Crippen MR) is 113 cm³/mol. The Morgan fingerprint density at radius 3 is 2.90 bits per heavy atom. The number of pyridine rings is 1. The molecule has 1 N–H and O–H groups in total. The Labute approximate surface area is 173 Å². The van der Waals surface area contributed by atoms with E-state index in [1.807, 2.05) is 18.3 Å². The SMILES string of the molecule is CC1CN(C(=O)c2cnccn2)CC=C1c1cc(N(C=O)C2CC2)nc2[nH]ccc12. The molecular formula is C22H22N6O2. The molecule has 0 radical (unpaired) electrons. The molecule has 3 aromatic heterocycles. The van der Waals surface area contributed by atoms with E-state index in [0.717, 1.165) is 41.4 Å². The largest absolute Gasteiger partial charge is 0.346 e. The van der Waals surface area contributed by atoms with Gasteiger partial charge in [-0.25, -0.2) is 9.97 Å². The van der Waals surface area contributed by atoms with Crippen molar-refractivity contribution in [2.75, 3.05) is 18.0 Å². The van der Waals surface area contributed by atoms with Gasteiger partial charge in [-0.15, -0.1) is 0 Å². The lowest BCUT2D eigenvalue weighted by Crippen LogP contribution is -2.38. The first-order chi connectivity index (χ1) is 14.7. The number of carbonyl (C=O) groups is 2. The van der Waals surface area contributed by atoms with Crippen molar-refractivity contribution in [3.63, 3.8) is 0 Å². The summed E-state index contributed by atoms with van der Waals surface area (Å²) in [5, 5.41) is 1.02. The Bertz CT molecular complexity index is 1130. The number of carbonyl (C=O) groups excluding carboxylic acids is 2. The first kappa shape index (κ1) is 18.5. The smallest absolute Gasteiger partial charge is 0.274 e. The summed E-state index contributed by atoms with van der Waals surface area (Å²) in [4.78, 5) is 43.9. The number of nitrogens with zero attached hydrogens (tertiary/aromatic N) is 5. The molecule has 5 rings (SSSR count). The standard InChI is InChI=1S/C22H22N6O2/c1-14-12-27(22(30)19-11-23-7-8-24-19)9-5-16(14)18-10-20(28(13-29)15-2-3-15)26-21-17(18)4-6-25-21/h4-8,10-11,13-15H,2-3,9,12H2,1H3,(H,25,26). The van der Waals surface area contributed by atoms with E-state index in [1.165, 1.54) is 12.4 Å². The van der Waals surface area contributed by atoms with Crippen molar-refractivity contribution >= 4 is 34.7 Å². The van der Waals surface area contributed by atoms with Crippen molar-refractivity contribution in [1.29, 1.82) is 0 Å². The van der Waals surface area contributed by atoms with Gasteiger partial charge in [-0.05, 0) is 42.0 Å². The van der Waals surface area contributed by atoms with Crippen LogP contribution in [0.4, 0.5) is 5.82 Å². The molecule has 0 saturated heterocycles. The van der Waals surface area contributed by atoms with Crippen molar-refractivity contribution in [3.8, 4) is 0 Å². The normalized spacial score (nSPS) is 18.9. The molecule has 1 aliphatic heterocycles.